The van der Waals surface area contributed by atoms with Gasteiger partial charge in [-0.1, -0.05) is 36.4 Å². The second-order valence-electron chi connectivity index (χ2n) is 7.05. The van der Waals surface area contributed by atoms with Crippen molar-refractivity contribution in [2.24, 2.45) is 0 Å². The summed E-state index contributed by atoms with van der Waals surface area (Å²) in [6.45, 7) is 0.732. The predicted molar refractivity (Wildman–Crippen MR) is 119 cm³/mol. The number of nitrogens with one attached hydrogen (secondary N) is 1. The number of aromatic nitrogens is 2. The Morgan fingerprint density at radius 1 is 0.968 bits per heavy atom. The molecule has 7 heteroatoms. The summed E-state index contributed by atoms with van der Waals surface area (Å²) in [6, 6.07) is 22.7. The Morgan fingerprint density at radius 2 is 1.65 bits per heavy atom. The highest BCUT2D eigenvalue weighted by Gasteiger charge is 2.15. The Hall–Kier alpha value is -4.13. The number of benzene rings is 3. The molecule has 0 saturated carbocycles. The third kappa shape index (κ3) is 4.25. The summed E-state index contributed by atoms with van der Waals surface area (Å²) in [7, 11) is 1.68. The Bertz CT molecular complexity index is 1330. The second kappa shape index (κ2) is 8.71. The summed E-state index contributed by atoms with van der Waals surface area (Å²) < 4.78 is 6.71. The van der Waals surface area contributed by atoms with E-state index in [0.717, 1.165) is 10.3 Å². The summed E-state index contributed by atoms with van der Waals surface area (Å²) >= 11 is 0. The van der Waals surface area contributed by atoms with E-state index in [1.54, 1.807) is 43.4 Å². The molecule has 0 spiro atoms. The van der Waals surface area contributed by atoms with E-state index in [1.807, 2.05) is 36.4 Å². The average molecular weight is 415 g/mol. The highest BCUT2D eigenvalue weighted by atomic mass is 16.5. The van der Waals surface area contributed by atoms with E-state index in [2.05, 4.69) is 4.98 Å². The average Bonchev–Trinajstić information content (AvgIpc) is 2.79. The molecule has 156 valence electrons. The summed E-state index contributed by atoms with van der Waals surface area (Å²) in [4.78, 5) is 42.4. The number of aromatic amines is 1. The highest BCUT2D eigenvalue weighted by molar-refractivity contribution is 5.97. The van der Waals surface area contributed by atoms with Gasteiger partial charge in [-0.15, -0.1) is 0 Å². The van der Waals surface area contributed by atoms with E-state index in [-0.39, 0.29) is 5.91 Å². The van der Waals surface area contributed by atoms with Crippen LogP contribution < -0.4 is 16.0 Å². The van der Waals surface area contributed by atoms with Crippen LogP contribution in [0.4, 0.5) is 0 Å². The van der Waals surface area contributed by atoms with E-state index in [1.165, 1.54) is 11.0 Å². The number of hydrogen-bond donors (Lipinski definition) is 1. The van der Waals surface area contributed by atoms with Gasteiger partial charge < -0.3 is 14.6 Å². The molecule has 4 aromatic rings. The molecule has 4 rings (SSSR count). The van der Waals surface area contributed by atoms with Crippen LogP contribution in [0.15, 0.2) is 88.5 Å². The lowest BCUT2D eigenvalue weighted by Gasteiger charge is -2.18. The standard InChI is InChI=1S/C24H21N3O4/c1-26(14-15-31-19-10-6-3-7-11-19)22(28)17-12-13-20-21(16-17)25-24(30)27(23(20)29)18-8-4-2-5-9-18/h2-13,16H,14-15H2,1H3,(H,25,30). The third-order valence-electron chi connectivity index (χ3n) is 4.94. The quantitative estimate of drug-likeness (QED) is 0.525. The monoisotopic (exact) mass is 415 g/mol. The van der Waals surface area contributed by atoms with Crippen LogP contribution in [-0.4, -0.2) is 40.6 Å². The van der Waals surface area contributed by atoms with Crippen molar-refractivity contribution in [3.8, 4) is 11.4 Å². The fourth-order valence-corrected chi connectivity index (χ4v) is 3.30. The fourth-order valence-electron chi connectivity index (χ4n) is 3.30. The largest absolute Gasteiger partial charge is 0.492 e. The van der Waals surface area contributed by atoms with Crippen molar-refractivity contribution in [3.05, 3.63) is 105 Å². The molecule has 1 N–H and O–H groups in total. The van der Waals surface area contributed by atoms with Gasteiger partial charge in [-0.05, 0) is 42.5 Å². The molecular weight excluding hydrogens is 394 g/mol. The summed E-state index contributed by atoms with van der Waals surface area (Å²) in [5, 5.41) is 0.329. The van der Waals surface area contributed by atoms with Crippen molar-refractivity contribution >= 4 is 16.8 Å². The molecule has 1 heterocycles. The number of amides is 1. The minimum atomic E-state index is -0.557. The molecule has 0 saturated heterocycles. The highest BCUT2D eigenvalue weighted by Crippen LogP contribution is 2.13. The van der Waals surface area contributed by atoms with Gasteiger partial charge in [-0.2, -0.15) is 0 Å². The van der Waals surface area contributed by atoms with Crippen LogP contribution in [-0.2, 0) is 0 Å². The predicted octanol–water partition coefficient (Wildman–Crippen LogP) is 2.83. The number of H-pyrrole nitrogens is 1. The van der Waals surface area contributed by atoms with E-state index in [0.29, 0.717) is 35.3 Å². The van der Waals surface area contributed by atoms with Crippen LogP contribution in [0.25, 0.3) is 16.6 Å². The van der Waals surface area contributed by atoms with Crippen molar-refractivity contribution in [1.29, 1.82) is 0 Å². The van der Waals surface area contributed by atoms with Gasteiger partial charge in [0.25, 0.3) is 11.5 Å². The fraction of sp³-hybridized carbons (Fsp3) is 0.125. The van der Waals surface area contributed by atoms with E-state index >= 15 is 0 Å². The molecule has 3 aromatic carbocycles. The molecule has 0 bridgehead atoms. The maximum absolute atomic E-state index is 12.9. The smallest absolute Gasteiger partial charge is 0.333 e. The maximum atomic E-state index is 12.9. The number of fused-ring (bicyclic) bond motifs is 1. The van der Waals surface area contributed by atoms with Gasteiger partial charge in [0.2, 0.25) is 0 Å². The van der Waals surface area contributed by atoms with Gasteiger partial charge in [-0.25, -0.2) is 9.36 Å². The summed E-state index contributed by atoms with van der Waals surface area (Å²) in [6.07, 6.45) is 0. The van der Waals surface area contributed by atoms with Crippen molar-refractivity contribution in [2.45, 2.75) is 0 Å². The SMILES string of the molecule is CN(CCOc1ccccc1)C(=O)c1ccc2c(=O)n(-c3ccccc3)c(=O)[nH]c2c1. The summed E-state index contributed by atoms with van der Waals surface area (Å²) in [5.74, 6) is 0.507. The first kappa shape index (κ1) is 20.2. The lowest BCUT2D eigenvalue weighted by atomic mass is 10.1. The molecule has 31 heavy (non-hydrogen) atoms. The van der Waals surface area contributed by atoms with Gasteiger partial charge in [0.05, 0.1) is 23.1 Å². The molecule has 0 aliphatic carbocycles. The first-order valence-electron chi connectivity index (χ1n) is 9.82. The molecule has 7 nitrogen and oxygen atoms in total. The zero-order valence-corrected chi connectivity index (χ0v) is 16.9. The van der Waals surface area contributed by atoms with Gasteiger partial charge in [0.15, 0.2) is 0 Å². The minimum Gasteiger partial charge on any atom is -0.492 e. The number of hydrogen-bond acceptors (Lipinski definition) is 4. The normalized spacial score (nSPS) is 10.7. The molecule has 0 fully saturated rings. The zero-order chi connectivity index (χ0) is 21.8. The van der Waals surface area contributed by atoms with Crippen LogP contribution >= 0.6 is 0 Å². The van der Waals surface area contributed by atoms with Gasteiger partial charge in [0, 0.05) is 12.6 Å². The van der Waals surface area contributed by atoms with Crippen molar-refractivity contribution < 1.29 is 9.53 Å². The lowest BCUT2D eigenvalue weighted by Crippen LogP contribution is -2.34. The Balaban J connectivity index is 1.55. The topological polar surface area (TPSA) is 84.4 Å². The van der Waals surface area contributed by atoms with Gasteiger partial charge >= 0.3 is 5.69 Å². The van der Waals surface area contributed by atoms with Gasteiger partial charge in [-0.3, -0.25) is 9.59 Å². The van der Waals surface area contributed by atoms with Crippen molar-refractivity contribution in [3.63, 3.8) is 0 Å². The molecule has 0 aliphatic heterocycles. The van der Waals surface area contributed by atoms with Crippen molar-refractivity contribution in [1.82, 2.24) is 14.5 Å². The maximum Gasteiger partial charge on any atom is 0.333 e. The van der Waals surface area contributed by atoms with Crippen LogP contribution in [0.5, 0.6) is 5.75 Å². The number of rotatable bonds is 6. The molecular formula is C24H21N3O4. The summed E-state index contributed by atoms with van der Waals surface area (Å²) in [5.41, 5.74) is 0.185. The Kier molecular flexibility index (Phi) is 5.66. The Morgan fingerprint density at radius 3 is 2.35 bits per heavy atom. The second-order valence-corrected chi connectivity index (χ2v) is 7.05. The molecule has 1 aromatic heterocycles. The molecule has 0 aliphatic rings. The number of nitrogens with zero attached hydrogens (tertiary/aromatic N) is 2. The first-order valence-corrected chi connectivity index (χ1v) is 9.82. The molecule has 0 atom stereocenters. The number of carbonyl (C=O) groups excluding carboxylic acids is 1. The van der Waals surface area contributed by atoms with Crippen LogP contribution in [0.3, 0.4) is 0 Å². The molecule has 1 amide bonds. The van der Waals surface area contributed by atoms with Gasteiger partial charge in [0.1, 0.15) is 12.4 Å². The van der Waals surface area contributed by atoms with Crippen LogP contribution in [0.1, 0.15) is 10.4 Å². The van der Waals surface area contributed by atoms with Crippen LogP contribution in [0.2, 0.25) is 0 Å². The first-order chi connectivity index (χ1) is 15.0. The van der Waals surface area contributed by atoms with E-state index in [4.69, 9.17) is 4.74 Å². The lowest BCUT2D eigenvalue weighted by molar-refractivity contribution is 0.0774. The molecule has 0 unspecified atom stereocenters. The number of likely N-dealkylation sites (N-methyl/N-ethyl adjacent to an activating group) is 1. The number of para-hydroxylation sites is 2. The van der Waals surface area contributed by atoms with Crippen molar-refractivity contribution in [2.75, 3.05) is 20.2 Å². The van der Waals surface area contributed by atoms with Crippen LogP contribution in [0, 0.1) is 0 Å². The third-order valence-corrected chi connectivity index (χ3v) is 4.94. The zero-order valence-electron chi connectivity index (χ0n) is 16.9. The number of ether oxygens (including phenoxy) is 1. The number of carbonyl (C=O) groups is 1. The molecule has 0 radical (unpaired) electrons. The Labute approximate surface area is 178 Å². The van der Waals surface area contributed by atoms with E-state index < -0.39 is 11.2 Å². The minimum absolute atomic E-state index is 0.230. The van der Waals surface area contributed by atoms with E-state index in [9.17, 15) is 14.4 Å².